The number of terminal acetylenes is 1. The number of benzene rings is 1. The van der Waals surface area contributed by atoms with E-state index in [9.17, 15) is 14.4 Å². The van der Waals surface area contributed by atoms with Crippen LogP contribution >= 0.6 is 0 Å². The molecule has 1 saturated carbocycles. The molecule has 2 rings (SSSR count). The number of carbonyl (C=O) groups is 3. The molecule has 2 atom stereocenters. The van der Waals surface area contributed by atoms with Crippen LogP contribution in [0.2, 0.25) is 0 Å². The Kier molecular flexibility index (Phi) is 7.72. The van der Waals surface area contributed by atoms with Crippen molar-refractivity contribution in [3.63, 3.8) is 0 Å². The minimum absolute atomic E-state index is 0.0934. The number of nitrogens with one attached hydrogen (secondary N) is 2. The monoisotopic (exact) mass is 427 g/mol. The molecule has 1 aliphatic rings. The maximum absolute atomic E-state index is 13.5. The maximum Gasteiger partial charge on any atom is 0.408 e. The van der Waals surface area contributed by atoms with Gasteiger partial charge in [-0.1, -0.05) is 24.1 Å². The van der Waals surface area contributed by atoms with Crippen molar-refractivity contribution in [3.05, 3.63) is 35.4 Å². The molecule has 0 spiro atoms. The number of ether oxygens (including phenoxy) is 1. The molecule has 3 amide bonds. The van der Waals surface area contributed by atoms with Crippen molar-refractivity contribution in [1.82, 2.24) is 15.5 Å². The largest absolute Gasteiger partial charge is 0.444 e. The number of nitrogens with zero attached hydrogens (tertiary/aromatic N) is 1. The van der Waals surface area contributed by atoms with Crippen molar-refractivity contribution >= 4 is 17.9 Å². The van der Waals surface area contributed by atoms with Crippen LogP contribution in [-0.4, -0.2) is 46.5 Å². The molecule has 0 heterocycles. The molecule has 2 N–H and O–H groups in total. The van der Waals surface area contributed by atoms with Crippen molar-refractivity contribution in [2.75, 3.05) is 0 Å². The Morgan fingerprint density at radius 1 is 1.13 bits per heavy atom. The van der Waals surface area contributed by atoms with Crippen LogP contribution in [0.4, 0.5) is 4.79 Å². The van der Waals surface area contributed by atoms with Crippen LogP contribution in [0.3, 0.4) is 0 Å². The summed E-state index contributed by atoms with van der Waals surface area (Å²) in [5.41, 5.74) is 0.458. The van der Waals surface area contributed by atoms with E-state index in [1.165, 1.54) is 0 Å². The van der Waals surface area contributed by atoms with Crippen LogP contribution in [0.5, 0.6) is 0 Å². The molecule has 1 aromatic carbocycles. The highest BCUT2D eigenvalue weighted by Gasteiger charge is 2.43. The number of alkyl carbamates (subject to hydrolysis) is 1. The van der Waals surface area contributed by atoms with E-state index >= 15 is 0 Å². The zero-order valence-electron chi connectivity index (χ0n) is 19.2. The van der Waals surface area contributed by atoms with Crippen LogP contribution in [-0.2, 0) is 14.3 Å². The molecule has 1 fully saturated rings. The van der Waals surface area contributed by atoms with E-state index in [-0.39, 0.29) is 23.9 Å². The van der Waals surface area contributed by atoms with E-state index < -0.39 is 23.8 Å². The minimum atomic E-state index is -0.891. The predicted octanol–water partition coefficient (Wildman–Crippen LogP) is 3.14. The van der Waals surface area contributed by atoms with Crippen molar-refractivity contribution in [3.8, 4) is 12.3 Å². The lowest BCUT2D eigenvalue weighted by atomic mass is 9.97. The van der Waals surface area contributed by atoms with Gasteiger partial charge in [-0.15, -0.1) is 6.42 Å². The van der Waals surface area contributed by atoms with Gasteiger partial charge in [-0.3, -0.25) is 9.59 Å². The highest BCUT2D eigenvalue weighted by atomic mass is 16.6. The van der Waals surface area contributed by atoms with E-state index in [2.05, 4.69) is 16.6 Å². The Morgan fingerprint density at radius 3 is 2.26 bits per heavy atom. The second-order valence-corrected chi connectivity index (χ2v) is 9.14. The van der Waals surface area contributed by atoms with Crippen molar-refractivity contribution in [2.24, 2.45) is 0 Å². The summed E-state index contributed by atoms with van der Waals surface area (Å²) in [6, 6.07) is 5.15. The number of amides is 3. The van der Waals surface area contributed by atoms with Crippen LogP contribution in [0.15, 0.2) is 24.3 Å². The third kappa shape index (κ3) is 6.74. The summed E-state index contributed by atoms with van der Waals surface area (Å²) >= 11 is 0. The molecule has 0 aliphatic heterocycles. The Bertz CT molecular complexity index is 862. The van der Waals surface area contributed by atoms with Gasteiger partial charge >= 0.3 is 6.09 Å². The first-order chi connectivity index (χ1) is 14.4. The van der Waals surface area contributed by atoms with E-state index in [0.29, 0.717) is 11.1 Å². The topological polar surface area (TPSA) is 87.7 Å². The van der Waals surface area contributed by atoms with E-state index in [1.54, 1.807) is 56.9 Å². The molecule has 0 aromatic heterocycles. The van der Waals surface area contributed by atoms with Gasteiger partial charge in [0.05, 0.1) is 0 Å². The second-order valence-electron chi connectivity index (χ2n) is 9.14. The van der Waals surface area contributed by atoms with Crippen LogP contribution in [0.1, 0.15) is 71.6 Å². The summed E-state index contributed by atoms with van der Waals surface area (Å²) in [5, 5.41) is 5.50. The molecule has 1 aliphatic carbocycles. The maximum atomic E-state index is 13.5. The summed E-state index contributed by atoms with van der Waals surface area (Å²) < 4.78 is 5.27. The van der Waals surface area contributed by atoms with Crippen molar-refractivity contribution in [1.29, 1.82) is 0 Å². The fourth-order valence-corrected chi connectivity index (χ4v) is 3.29. The summed E-state index contributed by atoms with van der Waals surface area (Å²) in [6.45, 7) is 10.6. The summed E-state index contributed by atoms with van der Waals surface area (Å²) in [4.78, 5) is 40.5. The Labute approximate surface area is 184 Å². The van der Waals surface area contributed by atoms with Crippen LogP contribution < -0.4 is 10.6 Å². The summed E-state index contributed by atoms with van der Waals surface area (Å²) in [7, 11) is 0. The first-order valence-corrected chi connectivity index (χ1v) is 10.6. The molecule has 7 heteroatoms. The van der Waals surface area contributed by atoms with E-state index in [1.807, 2.05) is 13.8 Å². The predicted molar refractivity (Wildman–Crippen MR) is 119 cm³/mol. The van der Waals surface area contributed by atoms with Gasteiger partial charge in [0.2, 0.25) is 11.8 Å². The molecular weight excluding hydrogens is 394 g/mol. The van der Waals surface area contributed by atoms with Crippen molar-refractivity contribution in [2.45, 2.75) is 84.2 Å². The minimum Gasteiger partial charge on any atom is -0.444 e. The summed E-state index contributed by atoms with van der Waals surface area (Å²) in [5.74, 6) is 1.96. The average Bonchev–Trinajstić information content (AvgIpc) is 3.48. The van der Waals surface area contributed by atoms with Crippen molar-refractivity contribution < 1.29 is 19.1 Å². The highest BCUT2D eigenvalue weighted by molar-refractivity contribution is 5.92. The van der Waals surface area contributed by atoms with Gasteiger partial charge in [0.15, 0.2) is 0 Å². The third-order valence-corrected chi connectivity index (χ3v) is 4.67. The smallest absolute Gasteiger partial charge is 0.408 e. The van der Waals surface area contributed by atoms with Gasteiger partial charge in [0.1, 0.15) is 17.7 Å². The average molecular weight is 428 g/mol. The number of rotatable bonds is 7. The molecule has 2 unspecified atom stereocenters. The van der Waals surface area contributed by atoms with E-state index in [4.69, 9.17) is 11.2 Å². The first kappa shape index (κ1) is 24.3. The Morgan fingerprint density at radius 2 is 1.74 bits per heavy atom. The number of hydrogen-bond donors (Lipinski definition) is 2. The molecule has 1 aromatic rings. The van der Waals surface area contributed by atoms with Gasteiger partial charge in [0.25, 0.3) is 0 Å². The van der Waals surface area contributed by atoms with Gasteiger partial charge in [0, 0.05) is 17.6 Å². The molecule has 0 radical (unpaired) electrons. The fourth-order valence-electron chi connectivity index (χ4n) is 3.29. The molecule has 31 heavy (non-hydrogen) atoms. The normalized spacial score (nSPS) is 15.4. The lowest BCUT2D eigenvalue weighted by molar-refractivity contribution is -0.143. The van der Waals surface area contributed by atoms with Gasteiger partial charge in [-0.25, -0.2) is 4.79 Å². The second kappa shape index (κ2) is 9.86. The SMILES string of the molecule is C#Cc1ccccc1C(C(=O)NC(C)C)N(C(=O)C(C)NC(=O)OC(C)(C)C)C1CC1. The first-order valence-electron chi connectivity index (χ1n) is 10.6. The van der Waals surface area contributed by atoms with Crippen LogP contribution in [0.25, 0.3) is 0 Å². The zero-order chi connectivity index (χ0) is 23.3. The van der Waals surface area contributed by atoms with Gasteiger partial charge in [-0.05, 0) is 66.0 Å². The van der Waals surface area contributed by atoms with Gasteiger partial charge < -0.3 is 20.3 Å². The van der Waals surface area contributed by atoms with E-state index in [0.717, 1.165) is 12.8 Å². The van der Waals surface area contributed by atoms with Gasteiger partial charge in [-0.2, -0.15) is 0 Å². The lowest BCUT2D eigenvalue weighted by Crippen LogP contribution is -2.53. The molecular formula is C24H33N3O4. The Hall–Kier alpha value is -3.01. The molecule has 0 saturated heterocycles. The zero-order valence-corrected chi connectivity index (χ0v) is 19.2. The van der Waals surface area contributed by atoms with Crippen LogP contribution in [0, 0.1) is 12.3 Å². The lowest BCUT2D eigenvalue weighted by Gasteiger charge is -2.34. The molecule has 0 bridgehead atoms. The third-order valence-electron chi connectivity index (χ3n) is 4.67. The number of hydrogen-bond acceptors (Lipinski definition) is 4. The standard InChI is InChI=1S/C24H33N3O4/c1-8-17-11-9-10-12-19(17)20(21(28)25-15(2)3)27(18-13-14-18)22(29)16(4)26-23(30)31-24(5,6)7/h1,9-12,15-16,18,20H,13-14H2,2-7H3,(H,25,28)(H,26,30). The molecule has 168 valence electrons. The summed E-state index contributed by atoms with van der Waals surface area (Å²) in [6.07, 6.45) is 6.57. The highest BCUT2D eigenvalue weighted by Crippen LogP contribution is 2.36. The quantitative estimate of drug-likeness (QED) is 0.655. The number of carbonyl (C=O) groups excluding carboxylic acids is 3. The Balaban J connectivity index is 2.38. The fraction of sp³-hybridized carbons (Fsp3) is 0.542. The molecule has 7 nitrogen and oxygen atoms in total.